The third-order valence-corrected chi connectivity index (χ3v) is 5.89. The van der Waals surface area contributed by atoms with Crippen LogP contribution in [-0.2, 0) is 4.74 Å². The highest BCUT2D eigenvalue weighted by Crippen LogP contribution is 2.39. The molecule has 1 N–H and O–H groups in total. The Balaban J connectivity index is 1.48. The van der Waals surface area contributed by atoms with Crippen molar-refractivity contribution in [3.05, 3.63) is 35.1 Å². The number of anilines is 3. The fraction of sp³-hybridized carbons (Fsp3) is 0.478. The maximum Gasteiger partial charge on any atom is 0.410 e. The van der Waals surface area contributed by atoms with E-state index in [2.05, 4.69) is 20.2 Å². The molecule has 4 rings (SSSR count). The molecule has 1 amide bonds. The van der Waals surface area contributed by atoms with Gasteiger partial charge in [-0.15, -0.1) is 0 Å². The van der Waals surface area contributed by atoms with Gasteiger partial charge in [-0.2, -0.15) is 0 Å². The Morgan fingerprint density at radius 2 is 2.00 bits per heavy atom. The van der Waals surface area contributed by atoms with E-state index in [1.165, 1.54) is 6.33 Å². The Morgan fingerprint density at radius 3 is 2.67 bits per heavy atom. The molecule has 33 heavy (non-hydrogen) atoms. The number of benzene rings is 1. The van der Waals surface area contributed by atoms with Crippen LogP contribution in [0, 0.1) is 0 Å². The van der Waals surface area contributed by atoms with Crippen LogP contribution >= 0.6 is 11.6 Å². The number of carbonyl (C=O) groups is 2. The first-order valence-electron chi connectivity index (χ1n) is 11.0. The fourth-order valence-electron chi connectivity index (χ4n) is 4.02. The number of halogens is 1. The van der Waals surface area contributed by atoms with Crippen molar-refractivity contribution in [3.8, 4) is 5.75 Å². The Kier molecular flexibility index (Phi) is 6.60. The average Bonchev–Trinajstić information content (AvgIpc) is 2.79. The summed E-state index contributed by atoms with van der Waals surface area (Å²) in [4.78, 5) is 36.2. The Labute approximate surface area is 198 Å². The number of ether oxygens (including phenoxy) is 2. The second kappa shape index (κ2) is 9.43. The lowest BCUT2D eigenvalue weighted by Crippen LogP contribution is -2.50. The van der Waals surface area contributed by atoms with Crippen molar-refractivity contribution in [2.45, 2.75) is 45.3 Å². The lowest BCUT2D eigenvalue weighted by molar-refractivity contribution is 0.0203. The van der Waals surface area contributed by atoms with Crippen LogP contribution in [0.2, 0.25) is 5.02 Å². The third kappa shape index (κ3) is 5.30. The molecule has 0 radical (unpaired) electrons. The molecule has 3 heterocycles. The van der Waals surface area contributed by atoms with E-state index in [9.17, 15) is 9.59 Å². The highest BCUT2D eigenvalue weighted by atomic mass is 35.5. The molecule has 1 aromatic carbocycles. The van der Waals surface area contributed by atoms with E-state index < -0.39 is 5.60 Å². The number of piperidine rings is 1. The summed E-state index contributed by atoms with van der Waals surface area (Å²) >= 11 is 6.31. The van der Waals surface area contributed by atoms with Gasteiger partial charge in [-0.25, -0.2) is 14.8 Å². The normalized spacial score (nSPS) is 16.6. The number of carbonyl (C=O) groups excluding carboxylic acids is 2. The van der Waals surface area contributed by atoms with Gasteiger partial charge in [0.15, 0.2) is 11.6 Å². The summed E-state index contributed by atoms with van der Waals surface area (Å²) < 4.78 is 11.4. The van der Waals surface area contributed by atoms with Gasteiger partial charge in [-0.05, 0) is 51.8 Å². The number of likely N-dealkylation sites (tertiary alicyclic amines) is 1. The van der Waals surface area contributed by atoms with Crippen LogP contribution in [0.15, 0.2) is 24.5 Å². The summed E-state index contributed by atoms with van der Waals surface area (Å²) in [7, 11) is 0. The molecular formula is C23H28ClN5O4. The first-order valence-corrected chi connectivity index (χ1v) is 11.4. The fourth-order valence-corrected chi connectivity index (χ4v) is 4.25. The molecule has 2 aromatic rings. The van der Waals surface area contributed by atoms with Gasteiger partial charge in [0.1, 0.15) is 24.8 Å². The van der Waals surface area contributed by atoms with Crippen molar-refractivity contribution in [1.29, 1.82) is 0 Å². The number of hydrogen-bond donors (Lipinski definition) is 1. The van der Waals surface area contributed by atoms with Crippen molar-refractivity contribution >= 4 is 41.3 Å². The summed E-state index contributed by atoms with van der Waals surface area (Å²) in [6.45, 7) is 8.07. The monoisotopic (exact) mass is 473 g/mol. The lowest BCUT2D eigenvalue weighted by Gasteiger charge is -2.41. The predicted octanol–water partition coefficient (Wildman–Crippen LogP) is 4.28. The Hall–Kier alpha value is -3.07. The zero-order valence-corrected chi connectivity index (χ0v) is 19.8. The number of hydrogen-bond acceptors (Lipinski definition) is 8. The van der Waals surface area contributed by atoms with Crippen LogP contribution in [0.25, 0.3) is 0 Å². The first kappa shape index (κ1) is 23.1. The minimum Gasteiger partial charge on any atom is -0.485 e. The van der Waals surface area contributed by atoms with Gasteiger partial charge in [0, 0.05) is 24.7 Å². The maximum atomic E-state index is 12.4. The molecule has 2 aliphatic heterocycles. The van der Waals surface area contributed by atoms with Crippen LogP contribution < -0.4 is 15.0 Å². The number of fused-ring (bicyclic) bond motifs is 1. The maximum absolute atomic E-state index is 12.4. The molecule has 2 aliphatic rings. The van der Waals surface area contributed by atoms with Gasteiger partial charge in [-0.1, -0.05) is 11.6 Å². The summed E-state index contributed by atoms with van der Waals surface area (Å²) in [5, 5.41) is 3.61. The van der Waals surface area contributed by atoms with E-state index in [1.54, 1.807) is 23.1 Å². The van der Waals surface area contributed by atoms with E-state index in [-0.39, 0.29) is 12.1 Å². The van der Waals surface area contributed by atoms with Crippen molar-refractivity contribution in [2.24, 2.45) is 0 Å². The molecule has 0 saturated carbocycles. The first-order chi connectivity index (χ1) is 15.7. The van der Waals surface area contributed by atoms with Crippen molar-refractivity contribution in [1.82, 2.24) is 14.9 Å². The van der Waals surface area contributed by atoms with E-state index in [0.29, 0.717) is 54.1 Å². The van der Waals surface area contributed by atoms with Gasteiger partial charge in [0.2, 0.25) is 5.75 Å². The van der Waals surface area contributed by atoms with Crippen molar-refractivity contribution < 1.29 is 19.1 Å². The summed E-state index contributed by atoms with van der Waals surface area (Å²) in [5.74, 6) is 1.79. The van der Waals surface area contributed by atoms with Gasteiger partial charge >= 0.3 is 6.09 Å². The topological polar surface area (TPSA) is 96.9 Å². The molecule has 1 saturated heterocycles. The Bertz CT molecular complexity index is 1030. The van der Waals surface area contributed by atoms with E-state index in [1.807, 2.05) is 20.8 Å². The molecule has 10 heteroatoms. The van der Waals surface area contributed by atoms with E-state index in [0.717, 1.165) is 24.9 Å². The smallest absolute Gasteiger partial charge is 0.410 e. The van der Waals surface area contributed by atoms with Crippen molar-refractivity contribution in [2.75, 3.05) is 36.5 Å². The standard InChI is InChI=1S/C23H28ClN5O4/c1-23(2,3)33-22(31)28-8-6-16(7-9-28)29-10-11-32-19-20(25-14-26-21(19)29)27-18-5-4-15(13-30)12-17(18)24/h4-5,12-14,16H,6-11H2,1-3H3,(H,25,26,27). The quantitative estimate of drug-likeness (QED) is 0.657. The molecule has 0 unspecified atom stereocenters. The van der Waals surface area contributed by atoms with Crippen LogP contribution in [0.1, 0.15) is 44.0 Å². The number of nitrogens with one attached hydrogen (secondary N) is 1. The number of aromatic nitrogens is 2. The minimum absolute atomic E-state index is 0.226. The van der Waals surface area contributed by atoms with Gasteiger partial charge in [0.05, 0.1) is 17.3 Å². The minimum atomic E-state index is -0.506. The lowest BCUT2D eigenvalue weighted by atomic mass is 10.0. The molecule has 9 nitrogen and oxygen atoms in total. The SMILES string of the molecule is CC(C)(C)OC(=O)N1CCC(N2CCOc3c(Nc4ccc(C=O)cc4Cl)ncnc32)CC1. The van der Waals surface area contributed by atoms with Crippen LogP contribution in [0.5, 0.6) is 5.75 Å². The molecule has 1 aromatic heterocycles. The number of nitrogens with zero attached hydrogens (tertiary/aromatic N) is 4. The molecule has 0 bridgehead atoms. The summed E-state index contributed by atoms with van der Waals surface area (Å²) in [6, 6.07) is 5.23. The predicted molar refractivity (Wildman–Crippen MR) is 126 cm³/mol. The number of amides is 1. The van der Waals surface area contributed by atoms with Crippen molar-refractivity contribution in [3.63, 3.8) is 0 Å². The second-order valence-electron chi connectivity index (χ2n) is 9.10. The number of rotatable bonds is 4. The van der Waals surface area contributed by atoms with Gasteiger partial charge in [0.25, 0.3) is 0 Å². The van der Waals surface area contributed by atoms with Crippen LogP contribution in [0.4, 0.5) is 22.1 Å². The molecular weight excluding hydrogens is 446 g/mol. The molecule has 1 fully saturated rings. The summed E-state index contributed by atoms with van der Waals surface area (Å²) in [5.41, 5.74) is 0.610. The molecule has 0 aliphatic carbocycles. The van der Waals surface area contributed by atoms with E-state index >= 15 is 0 Å². The summed E-state index contributed by atoms with van der Waals surface area (Å²) in [6.07, 6.45) is 3.59. The van der Waals surface area contributed by atoms with Gasteiger partial charge in [-0.3, -0.25) is 4.79 Å². The zero-order chi connectivity index (χ0) is 23.6. The molecule has 176 valence electrons. The third-order valence-electron chi connectivity index (χ3n) is 5.57. The zero-order valence-electron chi connectivity index (χ0n) is 19.0. The highest BCUT2D eigenvalue weighted by molar-refractivity contribution is 6.33. The molecule has 0 atom stereocenters. The number of aldehydes is 1. The van der Waals surface area contributed by atoms with Crippen LogP contribution in [0.3, 0.4) is 0 Å². The van der Waals surface area contributed by atoms with E-state index in [4.69, 9.17) is 21.1 Å². The Morgan fingerprint density at radius 1 is 1.24 bits per heavy atom. The largest absolute Gasteiger partial charge is 0.485 e. The highest BCUT2D eigenvalue weighted by Gasteiger charge is 2.33. The van der Waals surface area contributed by atoms with Gasteiger partial charge < -0.3 is 24.6 Å². The second-order valence-corrected chi connectivity index (χ2v) is 9.50. The average molecular weight is 474 g/mol. The van der Waals surface area contributed by atoms with Crippen LogP contribution in [-0.4, -0.2) is 65.1 Å². The molecule has 0 spiro atoms.